The summed E-state index contributed by atoms with van der Waals surface area (Å²) in [5, 5.41) is 9.57. The molecule has 112 valence electrons. The van der Waals surface area contributed by atoms with Crippen molar-refractivity contribution >= 4 is 11.4 Å². The maximum Gasteiger partial charge on any atom is 0.161 e. The quantitative estimate of drug-likeness (QED) is 0.826. The summed E-state index contributed by atoms with van der Waals surface area (Å²) in [6.45, 7) is 3.30. The van der Waals surface area contributed by atoms with Gasteiger partial charge in [0.15, 0.2) is 6.73 Å². The summed E-state index contributed by atoms with van der Waals surface area (Å²) in [5.74, 6) is 1.10. The van der Waals surface area contributed by atoms with Crippen molar-refractivity contribution in [1.29, 1.82) is 0 Å². The van der Waals surface area contributed by atoms with E-state index in [0.717, 1.165) is 23.7 Å². The molecule has 0 saturated heterocycles. The number of hydrogen-bond acceptors (Lipinski definition) is 4. The van der Waals surface area contributed by atoms with Crippen LogP contribution in [0, 0.1) is 0 Å². The maximum atomic E-state index is 9.57. The van der Waals surface area contributed by atoms with E-state index in [2.05, 4.69) is 11.8 Å². The lowest BCUT2D eigenvalue weighted by atomic mass is 10.3. The zero-order valence-electron chi connectivity index (χ0n) is 12.8. The molecule has 0 saturated carbocycles. The number of ether oxygens (including phenoxy) is 1. The minimum absolute atomic E-state index is 0.264. The van der Waals surface area contributed by atoms with E-state index in [0.29, 0.717) is 6.73 Å². The number of nitrogens with zero attached hydrogens (tertiary/aromatic N) is 2. The van der Waals surface area contributed by atoms with Crippen LogP contribution in [0.1, 0.15) is 6.92 Å². The highest BCUT2D eigenvalue weighted by atomic mass is 16.5. The monoisotopic (exact) mass is 286 g/mol. The third-order valence-electron chi connectivity index (χ3n) is 3.30. The van der Waals surface area contributed by atoms with Crippen LogP contribution in [0.5, 0.6) is 11.5 Å². The number of hydrogen-bond donors (Lipinski definition) is 1. The Hall–Kier alpha value is -2.36. The average molecular weight is 286 g/mol. The number of phenolic OH excluding ortho intramolecular Hbond substituents is 1. The van der Waals surface area contributed by atoms with Gasteiger partial charge in [0.2, 0.25) is 0 Å². The van der Waals surface area contributed by atoms with Crippen molar-refractivity contribution in [3.05, 3.63) is 48.5 Å². The lowest BCUT2D eigenvalue weighted by Gasteiger charge is -2.23. The molecule has 0 fully saturated rings. The first-order valence-corrected chi connectivity index (χ1v) is 7.04. The van der Waals surface area contributed by atoms with Crippen LogP contribution in [0.3, 0.4) is 0 Å². The zero-order valence-corrected chi connectivity index (χ0v) is 12.8. The molecule has 0 aliphatic rings. The van der Waals surface area contributed by atoms with Crippen molar-refractivity contribution < 1.29 is 9.84 Å². The van der Waals surface area contributed by atoms with E-state index >= 15 is 0 Å². The Balaban J connectivity index is 2.05. The molecule has 0 amide bonds. The molecular weight excluding hydrogens is 264 g/mol. The molecule has 21 heavy (non-hydrogen) atoms. The molecule has 0 spiro atoms. The molecule has 0 atom stereocenters. The fourth-order valence-corrected chi connectivity index (χ4v) is 2.04. The predicted molar refractivity (Wildman–Crippen MR) is 87.4 cm³/mol. The summed E-state index contributed by atoms with van der Waals surface area (Å²) < 4.78 is 5.86. The minimum Gasteiger partial charge on any atom is -0.508 e. The first-order valence-electron chi connectivity index (χ1n) is 7.04. The second kappa shape index (κ2) is 6.88. The summed E-state index contributed by atoms with van der Waals surface area (Å²) >= 11 is 0. The van der Waals surface area contributed by atoms with E-state index in [1.807, 2.05) is 55.4 Å². The number of aromatic hydroxyl groups is 1. The summed E-state index contributed by atoms with van der Waals surface area (Å²) in [6.07, 6.45) is 0. The highest BCUT2D eigenvalue weighted by Gasteiger charge is 2.06. The van der Waals surface area contributed by atoms with Crippen LogP contribution >= 0.6 is 0 Å². The second-order valence-corrected chi connectivity index (χ2v) is 5.04. The average Bonchev–Trinajstić information content (AvgIpc) is 2.48. The van der Waals surface area contributed by atoms with Crippen molar-refractivity contribution in [2.24, 2.45) is 0 Å². The van der Waals surface area contributed by atoms with Crippen LogP contribution in [-0.2, 0) is 0 Å². The van der Waals surface area contributed by atoms with Crippen molar-refractivity contribution in [3.63, 3.8) is 0 Å². The smallest absolute Gasteiger partial charge is 0.161 e. The highest BCUT2D eigenvalue weighted by Crippen LogP contribution is 2.22. The topological polar surface area (TPSA) is 35.9 Å². The highest BCUT2D eigenvalue weighted by molar-refractivity contribution is 5.51. The molecule has 2 aromatic rings. The molecule has 4 nitrogen and oxygen atoms in total. The SMILES string of the molecule is CCN(COc1cccc(N(C)C)c1)c1cccc(O)c1. The lowest BCUT2D eigenvalue weighted by Crippen LogP contribution is -2.27. The number of benzene rings is 2. The van der Waals surface area contributed by atoms with Gasteiger partial charge in [0.25, 0.3) is 0 Å². The molecule has 4 heteroatoms. The third-order valence-corrected chi connectivity index (χ3v) is 3.30. The van der Waals surface area contributed by atoms with Crippen LogP contribution in [0.4, 0.5) is 11.4 Å². The molecular formula is C17H22N2O2. The largest absolute Gasteiger partial charge is 0.508 e. The van der Waals surface area contributed by atoms with Crippen LogP contribution < -0.4 is 14.5 Å². The van der Waals surface area contributed by atoms with E-state index in [-0.39, 0.29) is 5.75 Å². The van der Waals surface area contributed by atoms with Gasteiger partial charge >= 0.3 is 0 Å². The first-order chi connectivity index (χ1) is 10.1. The Labute approximate surface area is 126 Å². The van der Waals surface area contributed by atoms with E-state index < -0.39 is 0 Å². The van der Waals surface area contributed by atoms with Gasteiger partial charge in [0.1, 0.15) is 11.5 Å². The Bertz CT molecular complexity index is 585. The Kier molecular flexibility index (Phi) is 4.93. The molecule has 0 heterocycles. The van der Waals surface area contributed by atoms with E-state index in [1.54, 1.807) is 12.1 Å². The minimum atomic E-state index is 0.264. The maximum absolute atomic E-state index is 9.57. The van der Waals surface area contributed by atoms with Crippen LogP contribution in [0.25, 0.3) is 0 Å². The van der Waals surface area contributed by atoms with E-state index in [1.165, 1.54) is 0 Å². The van der Waals surface area contributed by atoms with Gasteiger partial charge in [-0.25, -0.2) is 0 Å². The molecule has 0 aromatic heterocycles. The normalized spacial score (nSPS) is 10.2. The van der Waals surface area contributed by atoms with Crippen molar-refractivity contribution in [2.45, 2.75) is 6.92 Å². The fourth-order valence-electron chi connectivity index (χ4n) is 2.04. The van der Waals surface area contributed by atoms with Gasteiger partial charge < -0.3 is 19.6 Å². The Morgan fingerprint density at radius 3 is 2.38 bits per heavy atom. The molecule has 0 bridgehead atoms. The second-order valence-electron chi connectivity index (χ2n) is 5.04. The van der Waals surface area contributed by atoms with Crippen molar-refractivity contribution in [3.8, 4) is 11.5 Å². The third kappa shape index (κ3) is 4.05. The summed E-state index contributed by atoms with van der Waals surface area (Å²) in [4.78, 5) is 4.10. The molecule has 0 aliphatic heterocycles. The van der Waals surface area contributed by atoms with Crippen molar-refractivity contribution in [1.82, 2.24) is 0 Å². The number of phenols is 1. The van der Waals surface area contributed by atoms with Gasteiger partial charge in [-0.2, -0.15) is 0 Å². The summed E-state index contributed by atoms with van der Waals surface area (Å²) in [7, 11) is 4.01. The number of anilines is 2. The van der Waals surface area contributed by atoms with Crippen LogP contribution in [-0.4, -0.2) is 32.5 Å². The van der Waals surface area contributed by atoms with Gasteiger partial charge in [0.05, 0.1) is 0 Å². The summed E-state index contributed by atoms with van der Waals surface area (Å²) in [6, 6.07) is 15.2. The van der Waals surface area contributed by atoms with Gasteiger partial charge in [-0.05, 0) is 31.2 Å². The Morgan fingerprint density at radius 2 is 1.71 bits per heavy atom. The first kappa shape index (κ1) is 15.0. The summed E-state index contributed by atoms with van der Waals surface area (Å²) in [5.41, 5.74) is 2.05. The molecule has 0 aliphatic carbocycles. The van der Waals surface area contributed by atoms with E-state index in [9.17, 15) is 5.11 Å². The van der Waals surface area contributed by atoms with E-state index in [4.69, 9.17) is 4.74 Å². The molecule has 0 radical (unpaired) electrons. The van der Waals surface area contributed by atoms with Gasteiger partial charge in [-0.1, -0.05) is 12.1 Å². The van der Waals surface area contributed by atoms with Crippen LogP contribution in [0.2, 0.25) is 0 Å². The molecule has 0 unspecified atom stereocenters. The van der Waals surface area contributed by atoms with Gasteiger partial charge in [-0.3, -0.25) is 0 Å². The van der Waals surface area contributed by atoms with Crippen LogP contribution in [0.15, 0.2) is 48.5 Å². The zero-order chi connectivity index (χ0) is 15.2. The molecule has 2 aromatic carbocycles. The predicted octanol–water partition coefficient (Wildman–Crippen LogP) is 3.32. The molecule has 1 N–H and O–H groups in total. The number of rotatable bonds is 6. The van der Waals surface area contributed by atoms with Gasteiger partial charge in [-0.15, -0.1) is 0 Å². The molecule has 2 rings (SSSR count). The Morgan fingerprint density at radius 1 is 1.00 bits per heavy atom. The van der Waals surface area contributed by atoms with Gasteiger partial charge in [0, 0.05) is 44.1 Å². The lowest BCUT2D eigenvalue weighted by molar-refractivity contribution is 0.315. The fraction of sp³-hybridized carbons (Fsp3) is 0.294. The van der Waals surface area contributed by atoms with Crippen molar-refractivity contribution in [2.75, 3.05) is 37.2 Å². The standard InChI is InChI=1S/C17H22N2O2/c1-4-19(15-8-5-9-16(20)11-15)13-21-17-10-6-7-14(12-17)18(2)3/h5-12,20H,4,13H2,1-3H3.